The Morgan fingerprint density at radius 1 is 1.09 bits per heavy atom. The molecular formula is C23H23BrN4O4. The molecule has 1 N–H and O–H groups in total. The Morgan fingerprint density at radius 3 is 2.72 bits per heavy atom. The van der Waals surface area contributed by atoms with Gasteiger partial charge in [-0.25, -0.2) is 0 Å². The first-order valence-corrected chi connectivity index (χ1v) is 11.4. The van der Waals surface area contributed by atoms with E-state index >= 15 is 0 Å². The monoisotopic (exact) mass is 498 g/mol. The number of likely N-dealkylation sites (tertiary alicyclic amines) is 1. The van der Waals surface area contributed by atoms with Crippen molar-refractivity contribution in [2.24, 2.45) is 5.92 Å². The maximum Gasteiger partial charge on any atom is 0.241 e. The van der Waals surface area contributed by atoms with Gasteiger partial charge in [-0.05, 0) is 50.2 Å². The molecule has 2 aliphatic heterocycles. The molecule has 9 heteroatoms. The third-order valence-corrected chi connectivity index (χ3v) is 6.17. The van der Waals surface area contributed by atoms with E-state index in [1.54, 1.807) is 0 Å². The lowest BCUT2D eigenvalue weighted by Gasteiger charge is -2.30. The first-order valence-electron chi connectivity index (χ1n) is 10.7. The van der Waals surface area contributed by atoms with E-state index in [4.69, 9.17) is 14.0 Å². The molecular weight excluding hydrogens is 476 g/mol. The van der Waals surface area contributed by atoms with Crippen LogP contribution in [0, 0.1) is 5.92 Å². The van der Waals surface area contributed by atoms with Crippen LogP contribution in [-0.2, 0) is 11.3 Å². The zero-order chi connectivity index (χ0) is 21.9. The smallest absolute Gasteiger partial charge is 0.241 e. The van der Waals surface area contributed by atoms with Gasteiger partial charge in [0.25, 0.3) is 0 Å². The molecule has 0 saturated carbocycles. The molecule has 1 saturated heterocycles. The molecule has 2 aromatic carbocycles. The number of hydrogen-bond acceptors (Lipinski definition) is 7. The number of benzene rings is 2. The molecule has 0 spiro atoms. The van der Waals surface area contributed by atoms with Gasteiger partial charge in [0.05, 0.1) is 6.54 Å². The largest absolute Gasteiger partial charge is 0.486 e. The van der Waals surface area contributed by atoms with Crippen LogP contribution in [0.3, 0.4) is 0 Å². The fourth-order valence-corrected chi connectivity index (χ4v) is 4.37. The molecule has 3 heterocycles. The fraction of sp³-hybridized carbons (Fsp3) is 0.348. The number of amides is 1. The SMILES string of the molecule is O=C(Nc1ccc2c(c1)OCCO2)C1CCN(Cc2nc(-c3cccc(Br)c3)no2)CC1. The van der Waals surface area contributed by atoms with Gasteiger partial charge in [-0.1, -0.05) is 33.2 Å². The number of nitrogens with zero attached hydrogens (tertiary/aromatic N) is 3. The summed E-state index contributed by atoms with van der Waals surface area (Å²) in [4.78, 5) is 19.5. The number of carbonyl (C=O) groups excluding carboxylic acids is 1. The molecule has 1 amide bonds. The highest BCUT2D eigenvalue weighted by Gasteiger charge is 2.26. The van der Waals surface area contributed by atoms with E-state index in [1.165, 1.54) is 0 Å². The van der Waals surface area contributed by atoms with Crippen molar-refractivity contribution < 1.29 is 18.8 Å². The number of hydrogen-bond donors (Lipinski definition) is 1. The molecule has 0 atom stereocenters. The molecule has 32 heavy (non-hydrogen) atoms. The molecule has 2 aliphatic rings. The summed E-state index contributed by atoms with van der Waals surface area (Å²) < 4.78 is 17.5. The zero-order valence-corrected chi connectivity index (χ0v) is 19.0. The summed E-state index contributed by atoms with van der Waals surface area (Å²) in [6.07, 6.45) is 1.56. The van der Waals surface area contributed by atoms with Crippen molar-refractivity contribution in [3.05, 3.63) is 52.8 Å². The lowest BCUT2D eigenvalue weighted by atomic mass is 9.96. The number of carbonyl (C=O) groups is 1. The Labute approximate surface area is 194 Å². The predicted molar refractivity (Wildman–Crippen MR) is 121 cm³/mol. The molecule has 0 unspecified atom stereocenters. The second-order valence-corrected chi connectivity index (χ2v) is 8.84. The van der Waals surface area contributed by atoms with Crippen LogP contribution in [0.1, 0.15) is 18.7 Å². The normalized spacial score (nSPS) is 16.7. The second-order valence-electron chi connectivity index (χ2n) is 7.92. The van der Waals surface area contributed by atoms with Crippen molar-refractivity contribution in [3.63, 3.8) is 0 Å². The average molecular weight is 499 g/mol. The van der Waals surface area contributed by atoms with Gasteiger partial charge in [0.15, 0.2) is 11.5 Å². The number of nitrogens with one attached hydrogen (secondary N) is 1. The van der Waals surface area contributed by atoms with Crippen molar-refractivity contribution in [2.75, 3.05) is 31.6 Å². The molecule has 1 aromatic heterocycles. The van der Waals surface area contributed by atoms with Crippen molar-refractivity contribution in [2.45, 2.75) is 19.4 Å². The maximum atomic E-state index is 12.7. The van der Waals surface area contributed by atoms with Crippen LogP contribution in [0.5, 0.6) is 11.5 Å². The van der Waals surface area contributed by atoms with Gasteiger partial charge in [0.2, 0.25) is 17.6 Å². The minimum absolute atomic E-state index is 0.0284. The highest BCUT2D eigenvalue weighted by molar-refractivity contribution is 9.10. The van der Waals surface area contributed by atoms with Crippen LogP contribution in [0.25, 0.3) is 11.4 Å². The fourth-order valence-electron chi connectivity index (χ4n) is 3.97. The predicted octanol–water partition coefficient (Wildman–Crippen LogP) is 4.12. The molecule has 0 radical (unpaired) electrons. The standard InChI is InChI=1S/C23H23BrN4O4/c24-17-3-1-2-16(12-17)22-26-21(32-27-22)14-28-8-6-15(7-9-28)23(29)25-18-4-5-19-20(13-18)31-11-10-30-19/h1-5,12-13,15H,6-11,14H2,(H,25,29). The number of ether oxygens (including phenoxy) is 2. The van der Waals surface area contributed by atoms with Gasteiger partial charge in [0.1, 0.15) is 13.2 Å². The zero-order valence-electron chi connectivity index (χ0n) is 17.4. The van der Waals surface area contributed by atoms with E-state index < -0.39 is 0 Å². The van der Waals surface area contributed by atoms with Crippen molar-refractivity contribution in [1.29, 1.82) is 0 Å². The average Bonchev–Trinajstić information content (AvgIpc) is 3.28. The van der Waals surface area contributed by atoms with Crippen molar-refractivity contribution in [1.82, 2.24) is 15.0 Å². The number of anilines is 1. The van der Waals surface area contributed by atoms with Crippen LogP contribution in [-0.4, -0.2) is 47.3 Å². The topological polar surface area (TPSA) is 89.7 Å². The number of piperidine rings is 1. The van der Waals surface area contributed by atoms with Crippen LogP contribution in [0.4, 0.5) is 5.69 Å². The molecule has 5 rings (SSSR count). The maximum absolute atomic E-state index is 12.7. The van der Waals surface area contributed by atoms with E-state index in [2.05, 4.69) is 36.3 Å². The Hall–Kier alpha value is -2.91. The molecule has 8 nitrogen and oxygen atoms in total. The summed E-state index contributed by atoms with van der Waals surface area (Å²) in [5, 5.41) is 7.11. The number of fused-ring (bicyclic) bond motifs is 1. The van der Waals surface area contributed by atoms with Gasteiger partial charge < -0.3 is 19.3 Å². The van der Waals surface area contributed by atoms with Crippen LogP contribution >= 0.6 is 15.9 Å². The highest BCUT2D eigenvalue weighted by atomic mass is 79.9. The summed E-state index contributed by atoms with van der Waals surface area (Å²) in [7, 11) is 0. The Balaban J connectivity index is 1.13. The van der Waals surface area contributed by atoms with Crippen LogP contribution in [0.15, 0.2) is 51.5 Å². The quantitative estimate of drug-likeness (QED) is 0.565. The minimum atomic E-state index is -0.0284. The van der Waals surface area contributed by atoms with E-state index in [-0.39, 0.29) is 11.8 Å². The highest BCUT2D eigenvalue weighted by Crippen LogP contribution is 2.33. The van der Waals surface area contributed by atoms with Gasteiger partial charge in [-0.15, -0.1) is 0 Å². The summed E-state index contributed by atoms with van der Waals surface area (Å²) in [6.45, 7) is 3.25. The molecule has 166 valence electrons. The van der Waals surface area contributed by atoms with Gasteiger partial charge >= 0.3 is 0 Å². The summed E-state index contributed by atoms with van der Waals surface area (Å²) in [5.74, 6) is 2.56. The summed E-state index contributed by atoms with van der Waals surface area (Å²) in [5.41, 5.74) is 1.64. The lowest BCUT2D eigenvalue weighted by Crippen LogP contribution is -2.37. The van der Waals surface area contributed by atoms with Crippen molar-refractivity contribution in [3.8, 4) is 22.9 Å². The Kier molecular flexibility index (Phi) is 6.09. The van der Waals surface area contributed by atoms with Crippen LogP contribution < -0.4 is 14.8 Å². The number of aromatic nitrogens is 2. The van der Waals surface area contributed by atoms with E-state index in [0.29, 0.717) is 43.0 Å². The lowest BCUT2D eigenvalue weighted by molar-refractivity contribution is -0.121. The first-order chi connectivity index (χ1) is 15.6. The first kappa shape index (κ1) is 21.0. The molecule has 1 fully saturated rings. The second kappa shape index (κ2) is 9.30. The van der Waals surface area contributed by atoms with Gasteiger partial charge in [0, 0.05) is 27.7 Å². The van der Waals surface area contributed by atoms with Gasteiger partial charge in [-0.3, -0.25) is 9.69 Å². The summed E-state index contributed by atoms with van der Waals surface area (Å²) in [6, 6.07) is 13.3. The Morgan fingerprint density at radius 2 is 1.91 bits per heavy atom. The summed E-state index contributed by atoms with van der Waals surface area (Å²) >= 11 is 3.46. The third kappa shape index (κ3) is 4.78. The number of halogens is 1. The molecule has 3 aromatic rings. The molecule has 0 bridgehead atoms. The minimum Gasteiger partial charge on any atom is -0.486 e. The Bertz CT molecular complexity index is 1110. The van der Waals surface area contributed by atoms with Crippen molar-refractivity contribution >= 4 is 27.5 Å². The van der Waals surface area contributed by atoms with Crippen LogP contribution in [0.2, 0.25) is 0 Å². The van der Waals surface area contributed by atoms with E-state index in [9.17, 15) is 4.79 Å². The third-order valence-electron chi connectivity index (χ3n) is 5.68. The number of rotatable bonds is 5. The van der Waals surface area contributed by atoms with Gasteiger partial charge in [-0.2, -0.15) is 4.98 Å². The van der Waals surface area contributed by atoms with E-state index in [1.807, 2.05) is 42.5 Å². The molecule has 0 aliphatic carbocycles. The van der Waals surface area contributed by atoms with E-state index in [0.717, 1.165) is 41.7 Å².